The predicted molar refractivity (Wildman–Crippen MR) is 80.7 cm³/mol. The van der Waals surface area contributed by atoms with Crippen LogP contribution >= 0.6 is 0 Å². The lowest BCUT2D eigenvalue weighted by Gasteiger charge is -2.45. The minimum absolute atomic E-state index is 0.0999. The quantitative estimate of drug-likeness (QED) is 0.881. The summed E-state index contributed by atoms with van der Waals surface area (Å²) in [7, 11) is 1.60. The molecule has 2 aromatic carbocycles. The van der Waals surface area contributed by atoms with Gasteiger partial charge in [-0.3, -0.25) is 4.79 Å². The van der Waals surface area contributed by atoms with Crippen molar-refractivity contribution in [3.8, 4) is 5.75 Å². The van der Waals surface area contributed by atoms with Gasteiger partial charge in [0.1, 0.15) is 17.6 Å². The highest BCUT2D eigenvalue weighted by atomic mass is 19.1. The summed E-state index contributed by atoms with van der Waals surface area (Å²) in [5.74, 6) is 0.336. The van der Waals surface area contributed by atoms with Gasteiger partial charge in [-0.15, -0.1) is 0 Å². The van der Waals surface area contributed by atoms with Crippen LogP contribution in [0.3, 0.4) is 0 Å². The number of nitrogens with two attached hydrogens (primary N) is 1. The van der Waals surface area contributed by atoms with Gasteiger partial charge in [-0.05, 0) is 35.4 Å². The molecule has 4 nitrogen and oxygen atoms in total. The maximum Gasteiger partial charge on any atom is 0.242 e. The summed E-state index contributed by atoms with van der Waals surface area (Å²) in [6.45, 7) is 0.411. The van der Waals surface area contributed by atoms with Crippen LogP contribution in [0, 0.1) is 5.82 Å². The molecular weight excluding hydrogens is 283 g/mol. The Hall–Kier alpha value is -2.40. The summed E-state index contributed by atoms with van der Waals surface area (Å²) < 4.78 is 18.2. The number of benzene rings is 2. The van der Waals surface area contributed by atoms with Gasteiger partial charge >= 0.3 is 0 Å². The molecule has 1 heterocycles. The molecule has 114 valence electrons. The molecule has 3 rings (SSSR count). The summed E-state index contributed by atoms with van der Waals surface area (Å²) in [6, 6.07) is 12.9. The number of carbonyl (C=O) groups is 1. The van der Waals surface area contributed by atoms with Crippen molar-refractivity contribution in [1.29, 1.82) is 0 Å². The van der Waals surface area contributed by atoms with Crippen molar-refractivity contribution >= 4 is 5.91 Å². The molecule has 22 heavy (non-hydrogen) atoms. The summed E-state index contributed by atoms with van der Waals surface area (Å²) in [4.78, 5) is 13.8. The van der Waals surface area contributed by atoms with E-state index in [9.17, 15) is 9.18 Å². The molecular formula is C17H17FN2O2. The average Bonchev–Trinajstić information content (AvgIpc) is 2.56. The number of rotatable bonds is 4. The van der Waals surface area contributed by atoms with E-state index >= 15 is 0 Å². The van der Waals surface area contributed by atoms with Crippen LogP contribution in [-0.2, 0) is 11.3 Å². The molecule has 1 amide bonds. The van der Waals surface area contributed by atoms with Crippen LogP contribution < -0.4 is 10.5 Å². The molecule has 1 saturated heterocycles. The molecule has 0 spiro atoms. The lowest BCUT2D eigenvalue weighted by Crippen LogP contribution is -2.62. The Morgan fingerprint density at radius 1 is 1.23 bits per heavy atom. The minimum Gasteiger partial charge on any atom is -0.497 e. The molecule has 5 heteroatoms. The Morgan fingerprint density at radius 3 is 2.64 bits per heavy atom. The standard InChI is InChI=1S/C17H17FN2O2/c1-22-14-4-2-3-12(9-14)16-15(19)17(21)20(16)10-11-5-7-13(18)8-6-11/h2-9,15-16H,10,19H2,1H3/t15-,16-/m0/s1. The second kappa shape index (κ2) is 5.77. The Labute approximate surface area is 128 Å². The van der Waals surface area contributed by atoms with Gasteiger partial charge in [0.05, 0.1) is 13.2 Å². The van der Waals surface area contributed by atoms with Crippen LogP contribution in [0.25, 0.3) is 0 Å². The number of methoxy groups -OCH3 is 1. The molecule has 0 saturated carbocycles. The van der Waals surface area contributed by atoms with E-state index in [0.717, 1.165) is 16.9 Å². The first-order valence-electron chi connectivity index (χ1n) is 7.04. The van der Waals surface area contributed by atoms with E-state index in [4.69, 9.17) is 10.5 Å². The highest BCUT2D eigenvalue weighted by Gasteiger charge is 2.45. The topological polar surface area (TPSA) is 55.6 Å². The summed E-state index contributed by atoms with van der Waals surface area (Å²) in [6.07, 6.45) is 0. The number of β-lactam (4-membered cyclic amide) rings is 1. The van der Waals surface area contributed by atoms with Crippen molar-refractivity contribution in [2.45, 2.75) is 18.6 Å². The van der Waals surface area contributed by atoms with E-state index < -0.39 is 6.04 Å². The first-order valence-corrected chi connectivity index (χ1v) is 7.04. The fraction of sp³-hybridized carbons (Fsp3) is 0.235. The number of nitrogens with zero attached hydrogens (tertiary/aromatic N) is 1. The lowest BCUT2D eigenvalue weighted by atomic mass is 9.88. The molecule has 0 aromatic heterocycles. The maximum atomic E-state index is 13.0. The number of amides is 1. The molecule has 1 aliphatic heterocycles. The van der Waals surface area contributed by atoms with Gasteiger partial charge in [-0.25, -0.2) is 4.39 Å². The van der Waals surface area contributed by atoms with Crippen molar-refractivity contribution in [3.05, 3.63) is 65.5 Å². The zero-order valence-electron chi connectivity index (χ0n) is 12.2. The first kappa shape index (κ1) is 14.5. The molecule has 0 radical (unpaired) electrons. The summed E-state index contributed by atoms with van der Waals surface area (Å²) >= 11 is 0. The number of likely N-dealkylation sites (tertiary alicyclic amines) is 1. The van der Waals surface area contributed by atoms with Gasteiger partial charge in [0, 0.05) is 6.54 Å². The fourth-order valence-corrected chi connectivity index (χ4v) is 2.75. The van der Waals surface area contributed by atoms with Crippen LogP contribution in [-0.4, -0.2) is 24.0 Å². The van der Waals surface area contributed by atoms with Gasteiger partial charge in [-0.2, -0.15) is 0 Å². The van der Waals surface area contributed by atoms with Crippen LogP contribution in [0.5, 0.6) is 5.75 Å². The summed E-state index contributed by atoms with van der Waals surface area (Å²) in [5, 5.41) is 0. The number of halogens is 1. The van der Waals surface area contributed by atoms with E-state index in [1.807, 2.05) is 24.3 Å². The molecule has 1 aliphatic rings. The van der Waals surface area contributed by atoms with Gasteiger partial charge in [-0.1, -0.05) is 24.3 Å². The number of ether oxygens (including phenoxy) is 1. The third kappa shape index (κ3) is 2.55. The van der Waals surface area contributed by atoms with E-state index in [2.05, 4.69) is 0 Å². The van der Waals surface area contributed by atoms with Gasteiger partial charge in [0.25, 0.3) is 0 Å². The second-order valence-electron chi connectivity index (χ2n) is 5.34. The Kier molecular flexibility index (Phi) is 3.81. The van der Waals surface area contributed by atoms with Crippen LogP contribution in [0.4, 0.5) is 4.39 Å². The normalized spacial score (nSPS) is 20.7. The molecule has 0 bridgehead atoms. The summed E-state index contributed by atoms with van der Waals surface area (Å²) in [5.41, 5.74) is 7.77. The number of carbonyl (C=O) groups excluding carboxylic acids is 1. The molecule has 2 atom stereocenters. The Morgan fingerprint density at radius 2 is 1.95 bits per heavy atom. The highest BCUT2D eigenvalue weighted by molar-refractivity contribution is 5.89. The molecule has 2 aromatic rings. The third-order valence-corrected chi connectivity index (χ3v) is 3.95. The monoisotopic (exact) mass is 300 g/mol. The van der Waals surface area contributed by atoms with Gasteiger partial charge in [0.2, 0.25) is 5.91 Å². The average molecular weight is 300 g/mol. The zero-order valence-corrected chi connectivity index (χ0v) is 12.2. The van der Waals surface area contributed by atoms with Crippen LogP contribution in [0.1, 0.15) is 17.2 Å². The Balaban J connectivity index is 1.83. The SMILES string of the molecule is COc1cccc([C@H]2[C@H](N)C(=O)N2Cc2ccc(F)cc2)c1. The zero-order chi connectivity index (χ0) is 15.7. The molecule has 1 fully saturated rings. The Bertz CT molecular complexity index is 687. The van der Waals surface area contributed by atoms with E-state index in [0.29, 0.717) is 6.54 Å². The lowest BCUT2D eigenvalue weighted by molar-refractivity contribution is -0.150. The highest BCUT2D eigenvalue weighted by Crippen LogP contribution is 2.36. The van der Waals surface area contributed by atoms with E-state index in [-0.39, 0.29) is 17.8 Å². The largest absolute Gasteiger partial charge is 0.497 e. The van der Waals surface area contributed by atoms with Crippen LogP contribution in [0.2, 0.25) is 0 Å². The van der Waals surface area contributed by atoms with E-state index in [1.54, 1.807) is 24.1 Å². The van der Waals surface area contributed by atoms with Crippen molar-refractivity contribution in [1.82, 2.24) is 4.90 Å². The molecule has 0 unspecified atom stereocenters. The molecule has 2 N–H and O–H groups in total. The van der Waals surface area contributed by atoms with Crippen molar-refractivity contribution < 1.29 is 13.9 Å². The second-order valence-corrected chi connectivity index (χ2v) is 5.34. The smallest absolute Gasteiger partial charge is 0.242 e. The van der Waals surface area contributed by atoms with Crippen molar-refractivity contribution in [2.24, 2.45) is 5.73 Å². The fourth-order valence-electron chi connectivity index (χ4n) is 2.75. The maximum absolute atomic E-state index is 13.0. The van der Waals surface area contributed by atoms with Gasteiger partial charge < -0.3 is 15.4 Å². The van der Waals surface area contributed by atoms with E-state index in [1.165, 1.54) is 12.1 Å². The van der Waals surface area contributed by atoms with Crippen molar-refractivity contribution in [2.75, 3.05) is 7.11 Å². The minimum atomic E-state index is -0.549. The number of hydrogen-bond acceptors (Lipinski definition) is 3. The molecule has 0 aliphatic carbocycles. The first-order chi connectivity index (χ1) is 10.6. The van der Waals surface area contributed by atoms with Gasteiger partial charge in [0.15, 0.2) is 0 Å². The predicted octanol–water partition coefficient (Wildman–Crippen LogP) is 2.25. The third-order valence-electron chi connectivity index (χ3n) is 3.95. The number of hydrogen-bond donors (Lipinski definition) is 1. The van der Waals surface area contributed by atoms with Crippen molar-refractivity contribution in [3.63, 3.8) is 0 Å². The van der Waals surface area contributed by atoms with Crippen LogP contribution in [0.15, 0.2) is 48.5 Å².